The van der Waals surface area contributed by atoms with E-state index < -0.39 is 5.82 Å². The van der Waals surface area contributed by atoms with Crippen LogP contribution in [0.1, 0.15) is 23.2 Å². The third-order valence-corrected chi connectivity index (χ3v) is 5.51. The Morgan fingerprint density at radius 3 is 2.48 bits per heavy atom. The number of nitrogens with one attached hydrogen (secondary N) is 1. The molecule has 0 saturated carbocycles. The molecule has 0 bridgehead atoms. The minimum Gasteiger partial charge on any atom is -0.326 e. The molecule has 2 aromatic heterocycles. The number of benzene rings is 2. The molecule has 2 heterocycles. The number of rotatable bonds is 7. The molecule has 1 N–H and O–H groups in total. The van der Waals surface area contributed by atoms with Crippen LogP contribution >= 0.6 is 11.3 Å². The first-order chi connectivity index (χ1) is 15.1. The van der Waals surface area contributed by atoms with Gasteiger partial charge in [-0.05, 0) is 48.5 Å². The smallest absolute Gasteiger partial charge is 0.224 e. The maximum atomic E-state index is 13.0. The molecule has 31 heavy (non-hydrogen) atoms. The summed E-state index contributed by atoms with van der Waals surface area (Å²) in [6.45, 7) is 0. The van der Waals surface area contributed by atoms with Gasteiger partial charge in [0.2, 0.25) is 5.91 Å². The zero-order chi connectivity index (χ0) is 21.6. The molecular weight excluding hydrogens is 413 g/mol. The van der Waals surface area contributed by atoms with E-state index >= 15 is 0 Å². The van der Waals surface area contributed by atoms with Crippen molar-refractivity contribution >= 4 is 28.7 Å². The Morgan fingerprint density at radius 2 is 1.71 bits per heavy atom. The molecule has 5 nitrogen and oxygen atoms in total. The molecule has 0 atom stereocenters. The largest absolute Gasteiger partial charge is 0.326 e. The zero-order valence-electron chi connectivity index (χ0n) is 16.4. The van der Waals surface area contributed by atoms with Crippen molar-refractivity contribution in [2.75, 3.05) is 5.32 Å². The molecule has 0 aliphatic carbocycles. The van der Waals surface area contributed by atoms with Crippen LogP contribution in [0.4, 0.5) is 10.1 Å². The molecule has 4 rings (SSSR count). The summed E-state index contributed by atoms with van der Waals surface area (Å²) in [5.41, 5.74) is 3.73. The van der Waals surface area contributed by atoms with Crippen LogP contribution in [-0.2, 0) is 4.79 Å². The topological polar surface area (TPSA) is 72.0 Å². The molecule has 0 unspecified atom stereocenters. The number of halogens is 1. The summed E-state index contributed by atoms with van der Waals surface area (Å²) >= 11 is 1.54. The van der Waals surface area contributed by atoms with Gasteiger partial charge < -0.3 is 5.32 Å². The van der Waals surface area contributed by atoms with E-state index in [1.165, 1.54) is 24.3 Å². The molecular formula is C24H18FN3O2S. The minimum atomic E-state index is -0.401. The van der Waals surface area contributed by atoms with Gasteiger partial charge in [-0.15, -0.1) is 11.3 Å². The average molecular weight is 431 g/mol. The minimum absolute atomic E-state index is 0.0450. The molecule has 0 saturated heterocycles. The fourth-order valence-electron chi connectivity index (χ4n) is 3.02. The molecule has 1 amide bonds. The molecule has 0 fully saturated rings. The van der Waals surface area contributed by atoms with E-state index in [2.05, 4.69) is 15.3 Å². The van der Waals surface area contributed by atoms with Crippen molar-refractivity contribution in [2.24, 2.45) is 0 Å². The lowest BCUT2D eigenvalue weighted by atomic mass is 10.1. The molecule has 0 aliphatic rings. The van der Waals surface area contributed by atoms with Crippen molar-refractivity contribution in [1.29, 1.82) is 0 Å². The van der Waals surface area contributed by atoms with E-state index in [0.29, 0.717) is 11.3 Å². The van der Waals surface area contributed by atoms with Gasteiger partial charge in [0.1, 0.15) is 10.8 Å². The number of nitrogens with zero attached hydrogens (tertiary/aromatic N) is 2. The Kier molecular flexibility index (Phi) is 6.24. The summed E-state index contributed by atoms with van der Waals surface area (Å²) in [7, 11) is 0. The molecule has 0 spiro atoms. The van der Waals surface area contributed by atoms with E-state index in [9.17, 15) is 14.0 Å². The lowest BCUT2D eigenvalue weighted by Crippen LogP contribution is -2.13. The van der Waals surface area contributed by atoms with E-state index in [1.807, 2.05) is 35.7 Å². The summed E-state index contributed by atoms with van der Waals surface area (Å²) in [6.07, 6.45) is 3.56. The molecule has 0 radical (unpaired) electrons. The Morgan fingerprint density at radius 1 is 0.935 bits per heavy atom. The summed E-state index contributed by atoms with van der Waals surface area (Å²) in [5.74, 6) is -0.861. The highest BCUT2D eigenvalue weighted by atomic mass is 32.1. The number of carbonyl (C=O) groups excluding carboxylic acids is 2. The third-order valence-electron chi connectivity index (χ3n) is 4.62. The van der Waals surface area contributed by atoms with Gasteiger partial charge in [-0.25, -0.2) is 9.37 Å². The number of hydrogen-bond acceptors (Lipinski definition) is 5. The first-order valence-electron chi connectivity index (χ1n) is 9.63. The fraction of sp³-hybridized carbons (Fsp3) is 0.0833. The fourth-order valence-corrected chi connectivity index (χ4v) is 3.86. The number of hydrogen-bond donors (Lipinski definition) is 1. The number of anilines is 1. The SMILES string of the molecule is O=C(CCC(=O)c1ccc(F)cc1)Nc1cccc(-c2csc(-c3ccncc3)n2)c1. The Hall–Kier alpha value is -3.71. The van der Waals surface area contributed by atoms with Crippen LogP contribution in [0.2, 0.25) is 0 Å². The number of Topliss-reactive ketones (excluding diaryl/α,β-unsaturated/α-hetero) is 1. The normalized spacial score (nSPS) is 10.6. The van der Waals surface area contributed by atoms with Crippen LogP contribution in [0.15, 0.2) is 78.4 Å². The van der Waals surface area contributed by atoms with Gasteiger partial charge in [-0.1, -0.05) is 12.1 Å². The van der Waals surface area contributed by atoms with Gasteiger partial charge in [-0.2, -0.15) is 0 Å². The molecule has 154 valence electrons. The molecule has 2 aromatic carbocycles. The summed E-state index contributed by atoms with van der Waals surface area (Å²) < 4.78 is 13.0. The lowest BCUT2D eigenvalue weighted by molar-refractivity contribution is -0.116. The number of pyridine rings is 1. The van der Waals surface area contributed by atoms with Crippen LogP contribution in [0.5, 0.6) is 0 Å². The number of ketones is 1. The van der Waals surface area contributed by atoms with E-state index in [4.69, 9.17) is 0 Å². The number of aromatic nitrogens is 2. The van der Waals surface area contributed by atoms with Crippen molar-refractivity contribution in [3.05, 3.63) is 89.8 Å². The number of amides is 1. The first-order valence-corrected chi connectivity index (χ1v) is 10.5. The summed E-state index contributed by atoms with van der Waals surface area (Å²) in [6, 6.07) is 16.6. The first kappa shape index (κ1) is 20.6. The van der Waals surface area contributed by atoms with Crippen molar-refractivity contribution < 1.29 is 14.0 Å². The van der Waals surface area contributed by atoms with Gasteiger partial charge >= 0.3 is 0 Å². The highest BCUT2D eigenvalue weighted by Crippen LogP contribution is 2.29. The van der Waals surface area contributed by atoms with Gasteiger partial charge in [-0.3, -0.25) is 14.6 Å². The van der Waals surface area contributed by atoms with Crippen LogP contribution in [0.25, 0.3) is 21.8 Å². The highest BCUT2D eigenvalue weighted by molar-refractivity contribution is 7.13. The van der Waals surface area contributed by atoms with Crippen LogP contribution in [-0.4, -0.2) is 21.7 Å². The summed E-state index contributed by atoms with van der Waals surface area (Å²) in [5, 5.41) is 5.69. The van der Waals surface area contributed by atoms with Gasteiger partial charge in [0.25, 0.3) is 0 Å². The second-order valence-electron chi connectivity index (χ2n) is 6.83. The molecule has 0 aliphatic heterocycles. The zero-order valence-corrected chi connectivity index (χ0v) is 17.2. The van der Waals surface area contributed by atoms with E-state index in [0.717, 1.165) is 21.8 Å². The standard InChI is InChI=1S/C24H18FN3O2S/c25-19-6-4-16(5-7-19)22(29)8-9-23(30)27-20-3-1-2-18(14-20)21-15-31-24(28-21)17-10-12-26-13-11-17/h1-7,10-15H,8-9H2,(H,27,30). The van der Waals surface area contributed by atoms with Crippen molar-refractivity contribution in [3.63, 3.8) is 0 Å². The predicted octanol–water partition coefficient (Wildman–Crippen LogP) is 5.61. The highest BCUT2D eigenvalue weighted by Gasteiger charge is 2.11. The van der Waals surface area contributed by atoms with Crippen LogP contribution in [0, 0.1) is 5.82 Å². The second-order valence-corrected chi connectivity index (χ2v) is 7.69. The van der Waals surface area contributed by atoms with Crippen LogP contribution in [0.3, 0.4) is 0 Å². The van der Waals surface area contributed by atoms with Gasteiger partial charge in [0.15, 0.2) is 5.78 Å². The Balaban J connectivity index is 1.38. The van der Waals surface area contributed by atoms with Crippen molar-refractivity contribution in [3.8, 4) is 21.8 Å². The van der Waals surface area contributed by atoms with Crippen LogP contribution < -0.4 is 5.32 Å². The average Bonchev–Trinajstić information content (AvgIpc) is 3.29. The Bertz CT molecular complexity index is 1210. The van der Waals surface area contributed by atoms with Gasteiger partial charge in [0, 0.05) is 53.0 Å². The summed E-state index contributed by atoms with van der Waals surface area (Å²) in [4.78, 5) is 33.2. The third kappa shape index (κ3) is 5.26. The maximum Gasteiger partial charge on any atom is 0.224 e. The molecule has 7 heteroatoms. The quantitative estimate of drug-likeness (QED) is 0.386. The lowest BCUT2D eigenvalue weighted by Gasteiger charge is -2.07. The van der Waals surface area contributed by atoms with E-state index in [-0.39, 0.29) is 24.5 Å². The second kappa shape index (κ2) is 9.40. The van der Waals surface area contributed by atoms with Crippen molar-refractivity contribution in [1.82, 2.24) is 9.97 Å². The number of carbonyl (C=O) groups is 2. The van der Waals surface area contributed by atoms with Gasteiger partial charge in [0.05, 0.1) is 5.69 Å². The monoisotopic (exact) mass is 431 g/mol. The number of thiazole rings is 1. The predicted molar refractivity (Wildman–Crippen MR) is 119 cm³/mol. The maximum absolute atomic E-state index is 13.0. The Labute approximate surface area is 182 Å². The van der Waals surface area contributed by atoms with E-state index in [1.54, 1.807) is 29.8 Å². The van der Waals surface area contributed by atoms with Crippen molar-refractivity contribution in [2.45, 2.75) is 12.8 Å². The molecule has 4 aromatic rings.